The fourth-order valence-electron chi connectivity index (χ4n) is 2.12. The molecule has 0 spiro atoms. The highest BCUT2D eigenvalue weighted by molar-refractivity contribution is 7.90. The zero-order valence-electron chi connectivity index (χ0n) is 11.9. The molecular weight excluding hydrogens is 274 g/mol. The molecule has 20 heavy (non-hydrogen) atoms. The van der Waals surface area contributed by atoms with Crippen LogP contribution in [0.25, 0.3) is 0 Å². The molecule has 0 bridgehead atoms. The van der Waals surface area contributed by atoms with Crippen molar-refractivity contribution in [3.8, 4) is 0 Å². The minimum atomic E-state index is -3.19. The van der Waals surface area contributed by atoms with Gasteiger partial charge in [-0.05, 0) is 24.7 Å². The van der Waals surface area contributed by atoms with Crippen LogP contribution < -0.4 is 5.32 Å². The lowest BCUT2D eigenvalue weighted by atomic mass is 10.0. The summed E-state index contributed by atoms with van der Waals surface area (Å²) in [6, 6.07) is 7.07. The summed E-state index contributed by atoms with van der Waals surface area (Å²) < 4.78 is 25.2. The molecule has 0 aliphatic rings. The Balaban J connectivity index is 2.31. The Kier molecular flexibility index (Phi) is 4.25. The van der Waals surface area contributed by atoms with E-state index in [2.05, 4.69) is 10.3 Å². The maximum Gasteiger partial charge on any atom is 0.175 e. The Labute approximate surface area is 119 Å². The zero-order valence-corrected chi connectivity index (χ0v) is 12.7. The number of likely N-dealkylation sites (N-methyl/N-ethyl adjacent to an activating group) is 1. The topological polar surface area (TPSA) is 64.0 Å². The lowest BCUT2D eigenvalue weighted by molar-refractivity contribution is 0.562. The average Bonchev–Trinajstić information content (AvgIpc) is 2.80. The standard InChI is InChI=1S/C14H19N3O2S/c1-15-13(10-14-16-7-8-17(14)2)11-5-4-6-12(9-11)20(3,18)19/h4-9,13,15H,10H2,1-3H3. The molecule has 0 saturated carbocycles. The van der Waals surface area contributed by atoms with Crippen LogP contribution in [0, 0.1) is 0 Å². The number of aryl methyl sites for hydroxylation is 1. The fraction of sp³-hybridized carbons (Fsp3) is 0.357. The van der Waals surface area contributed by atoms with E-state index in [1.807, 2.05) is 30.9 Å². The van der Waals surface area contributed by atoms with Crippen molar-refractivity contribution in [3.05, 3.63) is 48.0 Å². The highest BCUT2D eigenvalue weighted by Crippen LogP contribution is 2.20. The van der Waals surface area contributed by atoms with Gasteiger partial charge in [-0.15, -0.1) is 0 Å². The molecule has 0 aliphatic carbocycles. The zero-order chi connectivity index (χ0) is 14.8. The number of hydrogen-bond donors (Lipinski definition) is 1. The third-order valence-corrected chi connectivity index (χ3v) is 4.45. The van der Waals surface area contributed by atoms with Gasteiger partial charge in [-0.25, -0.2) is 13.4 Å². The van der Waals surface area contributed by atoms with Crippen molar-refractivity contribution in [2.75, 3.05) is 13.3 Å². The van der Waals surface area contributed by atoms with Gasteiger partial charge in [0.15, 0.2) is 9.84 Å². The van der Waals surface area contributed by atoms with Crippen LogP contribution in [0.5, 0.6) is 0 Å². The van der Waals surface area contributed by atoms with Crippen LogP contribution in [0.4, 0.5) is 0 Å². The summed E-state index contributed by atoms with van der Waals surface area (Å²) in [7, 11) is 0.622. The van der Waals surface area contributed by atoms with E-state index in [4.69, 9.17) is 0 Å². The molecule has 0 aliphatic heterocycles. The predicted molar refractivity (Wildman–Crippen MR) is 78.3 cm³/mol. The van der Waals surface area contributed by atoms with Gasteiger partial charge in [0, 0.05) is 38.2 Å². The summed E-state index contributed by atoms with van der Waals surface area (Å²) in [6.07, 6.45) is 5.58. The molecule has 108 valence electrons. The minimum absolute atomic E-state index is 0.0257. The summed E-state index contributed by atoms with van der Waals surface area (Å²) in [6.45, 7) is 0. The number of aromatic nitrogens is 2. The van der Waals surface area contributed by atoms with E-state index in [-0.39, 0.29) is 6.04 Å². The number of nitrogens with one attached hydrogen (secondary N) is 1. The predicted octanol–water partition coefficient (Wildman–Crippen LogP) is 1.33. The summed E-state index contributed by atoms with van der Waals surface area (Å²) >= 11 is 0. The first kappa shape index (κ1) is 14.7. The number of nitrogens with zero attached hydrogens (tertiary/aromatic N) is 2. The third kappa shape index (κ3) is 3.26. The Morgan fingerprint density at radius 2 is 2.15 bits per heavy atom. The maximum atomic E-state index is 11.6. The van der Waals surface area contributed by atoms with Crippen LogP contribution in [0.2, 0.25) is 0 Å². The molecule has 2 rings (SSSR count). The van der Waals surface area contributed by atoms with Crippen molar-refractivity contribution < 1.29 is 8.42 Å². The van der Waals surface area contributed by atoms with Gasteiger partial charge in [-0.1, -0.05) is 12.1 Å². The highest BCUT2D eigenvalue weighted by Gasteiger charge is 2.15. The highest BCUT2D eigenvalue weighted by atomic mass is 32.2. The van der Waals surface area contributed by atoms with E-state index in [0.717, 1.165) is 11.4 Å². The summed E-state index contributed by atoms with van der Waals surface area (Å²) in [5, 5.41) is 3.21. The van der Waals surface area contributed by atoms with Crippen molar-refractivity contribution in [2.45, 2.75) is 17.4 Å². The second-order valence-electron chi connectivity index (χ2n) is 4.84. The van der Waals surface area contributed by atoms with Crippen LogP contribution in [0.1, 0.15) is 17.4 Å². The molecule has 0 saturated heterocycles. The molecule has 2 aromatic rings. The lowest BCUT2D eigenvalue weighted by Gasteiger charge is -2.17. The molecule has 1 unspecified atom stereocenters. The molecular formula is C14H19N3O2S. The van der Waals surface area contributed by atoms with Crippen LogP contribution in [0.15, 0.2) is 41.6 Å². The van der Waals surface area contributed by atoms with Crippen LogP contribution in [0.3, 0.4) is 0 Å². The molecule has 1 N–H and O–H groups in total. The fourth-order valence-corrected chi connectivity index (χ4v) is 2.80. The van der Waals surface area contributed by atoms with E-state index < -0.39 is 9.84 Å². The lowest BCUT2D eigenvalue weighted by Crippen LogP contribution is -2.20. The van der Waals surface area contributed by atoms with E-state index in [9.17, 15) is 8.42 Å². The van der Waals surface area contributed by atoms with E-state index >= 15 is 0 Å². The molecule has 6 heteroatoms. The van der Waals surface area contributed by atoms with Crippen molar-refractivity contribution in [1.29, 1.82) is 0 Å². The largest absolute Gasteiger partial charge is 0.338 e. The van der Waals surface area contributed by atoms with Crippen molar-refractivity contribution >= 4 is 9.84 Å². The normalized spacial score (nSPS) is 13.3. The summed E-state index contributed by atoms with van der Waals surface area (Å²) in [4.78, 5) is 4.65. The van der Waals surface area contributed by atoms with E-state index in [1.54, 1.807) is 24.4 Å². The second kappa shape index (κ2) is 5.76. The van der Waals surface area contributed by atoms with Gasteiger partial charge in [-0.3, -0.25) is 0 Å². The van der Waals surface area contributed by atoms with E-state index in [1.165, 1.54) is 6.26 Å². The van der Waals surface area contributed by atoms with Gasteiger partial charge in [0.2, 0.25) is 0 Å². The first-order valence-corrected chi connectivity index (χ1v) is 8.24. The quantitative estimate of drug-likeness (QED) is 0.903. The number of imidazole rings is 1. The first-order chi connectivity index (χ1) is 9.41. The number of rotatable bonds is 5. The molecule has 0 amide bonds. The SMILES string of the molecule is CNC(Cc1nccn1C)c1cccc(S(C)(=O)=O)c1. The molecule has 1 heterocycles. The van der Waals surface area contributed by atoms with Crippen LogP contribution in [-0.2, 0) is 23.3 Å². The Morgan fingerprint density at radius 1 is 1.40 bits per heavy atom. The second-order valence-corrected chi connectivity index (χ2v) is 6.86. The maximum absolute atomic E-state index is 11.6. The first-order valence-electron chi connectivity index (χ1n) is 6.35. The molecule has 5 nitrogen and oxygen atoms in total. The Hall–Kier alpha value is -1.66. The average molecular weight is 293 g/mol. The third-order valence-electron chi connectivity index (χ3n) is 3.34. The number of benzene rings is 1. The van der Waals surface area contributed by atoms with Gasteiger partial charge in [0.1, 0.15) is 5.82 Å². The van der Waals surface area contributed by atoms with E-state index in [0.29, 0.717) is 11.3 Å². The summed E-state index contributed by atoms with van der Waals surface area (Å²) in [5.74, 6) is 0.953. The Morgan fingerprint density at radius 3 is 2.70 bits per heavy atom. The smallest absolute Gasteiger partial charge is 0.175 e. The van der Waals surface area contributed by atoms with Crippen LogP contribution in [-0.4, -0.2) is 31.3 Å². The van der Waals surface area contributed by atoms with Crippen LogP contribution >= 0.6 is 0 Å². The van der Waals surface area contributed by atoms with Gasteiger partial charge in [-0.2, -0.15) is 0 Å². The van der Waals surface area contributed by atoms with Gasteiger partial charge >= 0.3 is 0 Å². The minimum Gasteiger partial charge on any atom is -0.338 e. The Bertz CT molecular complexity index is 692. The molecule has 0 fully saturated rings. The number of hydrogen-bond acceptors (Lipinski definition) is 4. The molecule has 0 radical (unpaired) electrons. The van der Waals surface area contributed by atoms with Crippen molar-refractivity contribution in [3.63, 3.8) is 0 Å². The van der Waals surface area contributed by atoms with Gasteiger partial charge < -0.3 is 9.88 Å². The molecule has 1 aromatic heterocycles. The molecule has 1 aromatic carbocycles. The summed E-state index contributed by atoms with van der Waals surface area (Å²) in [5.41, 5.74) is 0.943. The van der Waals surface area contributed by atoms with Gasteiger partial charge in [0.05, 0.1) is 4.90 Å². The number of sulfone groups is 1. The monoisotopic (exact) mass is 293 g/mol. The molecule has 1 atom stereocenters. The van der Waals surface area contributed by atoms with Gasteiger partial charge in [0.25, 0.3) is 0 Å². The van der Waals surface area contributed by atoms with Crippen molar-refractivity contribution in [2.24, 2.45) is 7.05 Å². The van der Waals surface area contributed by atoms with Crippen molar-refractivity contribution in [1.82, 2.24) is 14.9 Å².